The maximum atomic E-state index is 14.7. The molecule has 8 amide bonds. The molecule has 3 rings (SSSR count). The zero-order chi connectivity index (χ0) is 54.5. The Morgan fingerprint density at radius 1 is 0.644 bits per heavy atom. The van der Waals surface area contributed by atoms with Crippen molar-refractivity contribution in [3.63, 3.8) is 0 Å². The minimum absolute atomic E-state index is 0.0350. The smallest absolute Gasteiger partial charge is 0.322 e. The fraction of sp³-hybridized carbons (Fsp3) is 0.510. The average molecular weight is 1020 g/mol. The number of ether oxygens (including phenoxy) is 1. The van der Waals surface area contributed by atoms with E-state index in [2.05, 4.69) is 31.9 Å². The maximum absolute atomic E-state index is 14.7. The minimum atomic E-state index is -1.60. The van der Waals surface area contributed by atoms with Gasteiger partial charge in [-0.3, -0.25) is 57.5 Å². The molecule has 0 aliphatic carbocycles. The zero-order valence-electron chi connectivity index (χ0n) is 41.6. The summed E-state index contributed by atoms with van der Waals surface area (Å²) < 4.78 is 5.87. The molecule has 0 aromatic heterocycles. The Hall–Kier alpha value is -7.92. The molecule has 0 bridgehead atoms. The monoisotopic (exact) mass is 1020 g/mol. The van der Waals surface area contributed by atoms with Gasteiger partial charge in [0.15, 0.2) is 0 Å². The molecular weight excluding hydrogens is 957 g/mol. The van der Waals surface area contributed by atoms with Crippen molar-refractivity contribution in [2.24, 2.45) is 17.8 Å². The minimum Gasteiger partial charge on any atom is -0.481 e. The fourth-order valence-corrected chi connectivity index (χ4v) is 7.77. The molecule has 1 heterocycles. The summed E-state index contributed by atoms with van der Waals surface area (Å²) in [5.41, 5.74) is 0.241. The Bertz CT molecular complexity index is 2340. The Labute approximate surface area is 421 Å². The van der Waals surface area contributed by atoms with Gasteiger partial charge in [-0.25, -0.2) is 0 Å². The molecule has 73 heavy (non-hydrogen) atoms. The molecule has 398 valence electrons. The summed E-state index contributed by atoms with van der Waals surface area (Å²) in [6.07, 6.45) is -1.82. The van der Waals surface area contributed by atoms with Crippen LogP contribution in [0.3, 0.4) is 0 Å². The first-order valence-corrected chi connectivity index (χ1v) is 23.8. The highest BCUT2D eigenvalue weighted by Gasteiger charge is 2.44. The van der Waals surface area contributed by atoms with E-state index in [1.165, 1.54) is 11.0 Å². The van der Waals surface area contributed by atoms with Crippen LogP contribution in [0.5, 0.6) is 11.5 Å². The molecule has 0 radical (unpaired) electrons. The Morgan fingerprint density at radius 3 is 1.78 bits per heavy atom. The lowest BCUT2D eigenvalue weighted by atomic mass is 9.98. The van der Waals surface area contributed by atoms with Crippen LogP contribution in [0.25, 0.3) is 0 Å². The number of rotatable bonds is 29. The SMILES string of the molecule is CCCC(NC(=O)C1CC(CNC(=O)c2cccc(Oc3ccccc3)c2)CN1C(=O)C(NC(=O)C(NC(=O)C(CCC(=O)O)NC(=O)C(CCC(=O)O)NC(C)=O)C(C)C)C(C)C)C(=O)C(=O)NCC(=O)O. The second-order valence-corrected chi connectivity index (χ2v) is 18.2. The van der Waals surface area contributed by atoms with Crippen LogP contribution >= 0.6 is 0 Å². The number of carbonyl (C=O) groups is 12. The van der Waals surface area contributed by atoms with E-state index in [0.717, 1.165) is 6.92 Å². The lowest BCUT2D eigenvalue weighted by Crippen LogP contribution is -2.61. The summed E-state index contributed by atoms with van der Waals surface area (Å²) >= 11 is 0. The van der Waals surface area contributed by atoms with Gasteiger partial charge in [-0.1, -0.05) is 65.3 Å². The van der Waals surface area contributed by atoms with Gasteiger partial charge in [-0.2, -0.15) is 0 Å². The highest BCUT2D eigenvalue weighted by Crippen LogP contribution is 2.27. The van der Waals surface area contributed by atoms with Crippen molar-refractivity contribution in [2.45, 2.75) is 123 Å². The predicted molar refractivity (Wildman–Crippen MR) is 258 cm³/mol. The van der Waals surface area contributed by atoms with Crippen molar-refractivity contribution in [1.29, 1.82) is 0 Å². The number of nitrogens with zero attached hydrogens (tertiary/aromatic N) is 1. The van der Waals surface area contributed by atoms with Gasteiger partial charge in [0.1, 0.15) is 48.3 Å². The van der Waals surface area contributed by atoms with E-state index < -0.39 is 151 Å². The average Bonchev–Trinajstić information content (AvgIpc) is 3.77. The third kappa shape index (κ3) is 19.3. The first-order valence-electron chi connectivity index (χ1n) is 23.8. The molecule has 0 spiro atoms. The summed E-state index contributed by atoms with van der Waals surface area (Å²) in [7, 11) is 0. The number of Topliss-reactive ketones (excluding diaryl/α,β-unsaturated/α-hetero) is 1. The number of carbonyl (C=O) groups excluding carboxylic acids is 9. The lowest BCUT2D eigenvalue weighted by molar-refractivity contribution is -0.145. The van der Waals surface area contributed by atoms with Crippen molar-refractivity contribution in [1.82, 2.24) is 42.1 Å². The number of ketones is 1. The molecule has 1 aliphatic heterocycles. The quantitative estimate of drug-likeness (QED) is 0.0496. The van der Waals surface area contributed by atoms with Gasteiger partial charge in [0.2, 0.25) is 41.2 Å². The highest BCUT2D eigenvalue weighted by molar-refractivity contribution is 6.38. The summed E-state index contributed by atoms with van der Waals surface area (Å²) in [4.78, 5) is 156. The van der Waals surface area contributed by atoms with Crippen LogP contribution in [-0.2, 0) is 52.7 Å². The Balaban J connectivity index is 1.91. The van der Waals surface area contributed by atoms with Gasteiger partial charge >= 0.3 is 17.9 Å². The lowest BCUT2D eigenvalue weighted by Gasteiger charge is -2.33. The number of hydrogen-bond donors (Lipinski definition) is 10. The number of carboxylic acid groups (broad SMARTS) is 3. The molecule has 2 aromatic rings. The van der Waals surface area contributed by atoms with Gasteiger partial charge in [0, 0.05) is 38.4 Å². The van der Waals surface area contributed by atoms with Gasteiger partial charge in [-0.05, 0) is 73.8 Å². The van der Waals surface area contributed by atoms with E-state index in [1.54, 1.807) is 77.1 Å². The van der Waals surface area contributed by atoms with Gasteiger partial charge < -0.3 is 62.2 Å². The van der Waals surface area contributed by atoms with Gasteiger partial charge in [0.05, 0.1) is 6.04 Å². The number of aliphatic carboxylic acids is 3. The number of carboxylic acids is 3. The van der Waals surface area contributed by atoms with E-state index in [1.807, 2.05) is 11.4 Å². The van der Waals surface area contributed by atoms with Gasteiger partial charge in [-0.15, -0.1) is 0 Å². The Morgan fingerprint density at radius 2 is 1.22 bits per heavy atom. The predicted octanol–water partition coefficient (Wildman–Crippen LogP) is 0.481. The van der Waals surface area contributed by atoms with Crippen molar-refractivity contribution in [3.8, 4) is 11.5 Å². The number of para-hydroxylation sites is 1. The molecule has 10 N–H and O–H groups in total. The molecule has 24 heteroatoms. The number of benzene rings is 2. The van der Waals surface area contributed by atoms with E-state index in [-0.39, 0.29) is 37.9 Å². The Kier molecular flexibility index (Phi) is 23.4. The van der Waals surface area contributed by atoms with Crippen LogP contribution in [0.4, 0.5) is 0 Å². The summed E-state index contributed by atoms with van der Waals surface area (Å²) in [6, 6.07) is 6.70. The van der Waals surface area contributed by atoms with Crippen LogP contribution in [-0.4, -0.2) is 147 Å². The molecule has 24 nitrogen and oxygen atoms in total. The van der Waals surface area contributed by atoms with Crippen LogP contribution < -0.4 is 42.0 Å². The number of likely N-dealkylation sites (tertiary alicyclic amines) is 1. The third-order valence-corrected chi connectivity index (χ3v) is 11.5. The van der Waals surface area contributed by atoms with E-state index in [4.69, 9.17) is 14.9 Å². The molecule has 7 unspecified atom stereocenters. The summed E-state index contributed by atoms with van der Waals surface area (Å²) in [5, 5.41) is 44.8. The van der Waals surface area contributed by atoms with Crippen LogP contribution in [0.1, 0.15) is 96.8 Å². The zero-order valence-corrected chi connectivity index (χ0v) is 41.6. The first-order chi connectivity index (χ1) is 34.4. The highest BCUT2D eigenvalue weighted by atomic mass is 16.5. The van der Waals surface area contributed by atoms with Gasteiger partial charge in [0.25, 0.3) is 11.8 Å². The van der Waals surface area contributed by atoms with Crippen LogP contribution in [0.2, 0.25) is 0 Å². The second-order valence-electron chi connectivity index (χ2n) is 18.2. The summed E-state index contributed by atoms with van der Waals surface area (Å²) in [5.74, 6) is -13.2. The van der Waals surface area contributed by atoms with Crippen LogP contribution in [0.15, 0.2) is 54.6 Å². The molecule has 7 atom stereocenters. The van der Waals surface area contributed by atoms with Crippen molar-refractivity contribution < 1.29 is 77.6 Å². The normalized spacial score (nSPS) is 16.1. The third-order valence-electron chi connectivity index (χ3n) is 11.5. The van der Waals surface area contributed by atoms with Crippen molar-refractivity contribution in [2.75, 3.05) is 19.6 Å². The molecule has 0 saturated carbocycles. The topological polar surface area (TPSA) is 362 Å². The molecule has 1 aliphatic rings. The molecule has 1 fully saturated rings. The van der Waals surface area contributed by atoms with Crippen LogP contribution in [0, 0.1) is 17.8 Å². The largest absolute Gasteiger partial charge is 0.481 e. The number of amides is 8. The first kappa shape index (κ1) is 59.4. The van der Waals surface area contributed by atoms with E-state index in [0.29, 0.717) is 17.9 Å². The number of nitrogens with one attached hydrogen (secondary N) is 7. The standard InChI is InChI=1S/C49H66N8O16/c1-7-12-33(42(65)48(71)51-24-39(63)64)53-46(69)36-21-29(23-50-43(66)30-13-11-16-32(22-30)73-31-14-9-8-10-15-31)25-57(36)49(72)41(27(4)5)56-47(70)40(26(2)3)55-45(68)35(18-20-38(61)62)54-44(67)34(52-28(6)58)17-19-37(59)60/h8-11,13-16,22,26-27,29,33-36,40-41H,7,12,17-21,23-25H2,1-6H3,(H,50,66)(H,51,71)(H,52,58)(H,53,69)(H,54,67)(H,55,68)(H,56,70)(H,59,60)(H,61,62)(H,63,64). The van der Waals surface area contributed by atoms with Crippen molar-refractivity contribution >= 4 is 70.9 Å². The molecule has 1 saturated heterocycles. The molecular formula is C49H66N8O16. The number of hydrogen-bond acceptors (Lipinski definition) is 13. The second kappa shape index (κ2) is 28.8. The molecule has 2 aromatic carbocycles. The maximum Gasteiger partial charge on any atom is 0.322 e. The summed E-state index contributed by atoms with van der Waals surface area (Å²) in [6.45, 7) is 8.01. The fourth-order valence-electron chi connectivity index (χ4n) is 7.77. The van der Waals surface area contributed by atoms with E-state index >= 15 is 0 Å². The van der Waals surface area contributed by atoms with Crippen molar-refractivity contribution in [3.05, 3.63) is 60.2 Å². The van der Waals surface area contributed by atoms with E-state index in [9.17, 15) is 62.6 Å².